The minimum atomic E-state index is 1.22. The van der Waals surface area contributed by atoms with Crippen LogP contribution in [0.15, 0.2) is 206 Å². The fraction of sp³-hybridized carbons (Fsp3) is 0. The fourth-order valence-corrected chi connectivity index (χ4v) is 8.98. The van der Waals surface area contributed by atoms with Gasteiger partial charge in [0.25, 0.3) is 0 Å². The zero-order valence-corrected chi connectivity index (χ0v) is 29.6. The average Bonchev–Trinajstić information content (AvgIpc) is 3.25. The monoisotopic (exact) mass is 682 g/mol. The SMILES string of the molecule is c1cc(-c2ccc3ccccc3c2)cc(-c2c3ccccc3c(-c3ccc(-c4cccc5c4ccc4ccccc45)c4ccccc34)c3ccccc23)c1. The standard InChI is InChI=1S/C54H34/c1-2-15-37-33-39(28-27-35(37)13-1)38-16-11-17-40(34-38)53-48-21-7-9-23-50(48)54(51-24-10-8-22-49(51)53)52-32-31-47(43-19-5-6-20-45(43)52)44-26-12-25-42-41-18-4-3-14-36(41)29-30-46(42)44/h1-34H. The van der Waals surface area contributed by atoms with Crippen LogP contribution in [0.1, 0.15) is 0 Å². The molecule has 0 aliphatic carbocycles. The molecule has 0 saturated carbocycles. The first-order valence-electron chi connectivity index (χ1n) is 18.8. The van der Waals surface area contributed by atoms with Crippen LogP contribution in [-0.2, 0) is 0 Å². The Labute approximate surface area is 314 Å². The van der Waals surface area contributed by atoms with E-state index in [2.05, 4.69) is 206 Å². The molecule has 54 heavy (non-hydrogen) atoms. The van der Waals surface area contributed by atoms with Crippen molar-refractivity contribution in [3.05, 3.63) is 206 Å². The van der Waals surface area contributed by atoms with Gasteiger partial charge in [0.15, 0.2) is 0 Å². The Kier molecular flexibility index (Phi) is 6.97. The Morgan fingerprint density at radius 2 is 0.648 bits per heavy atom. The van der Waals surface area contributed by atoms with E-state index in [0.29, 0.717) is 0 Å². The topological polar surface area (TPSA) is 0 Å². The molecule has 250 valence electrons. The Morgan fingerprint density at radius 1 is 0.185 bits per heavy atom. The van der Waals surface area contributed by atoms with Gasteiger partial charge in [0.05, 0.1) is 0 Å². The molecule has 0 atom stereocenters. The number of hydrogen-bond acceptors (Lipinski definition) is 0. The highest BCUT2D eigenvalue weighted by molar-refractivity contribution is 6.25. The van der Waals surface area contributed by atoms with Crippen molar-refractivity contribution in [1.82, 2.24) is 0 Å². The zero-order valence-electron chi connectivity index (χ0n) is 29.6. The minimum Gasteiger partial charge on any atom is -0.0616 e. The quantitative estimate of drug-likeness (QED) is 0.128. The summed E-state index contributed by atoms with van der Waals surface area (Å²) in [6, 6.07) is 76.1. The first-order chi connectivity index (χ1) is 26.8. The maximum atomic E-state index is 2.37. The predicted molar refractivity (Wildman–Crippen MR) is 233 cm³/mol. The summed E-state index contributed by atoms with van der Waals surface area (Å²) in [5, 5.41) is 15.2. The first-order valence-corrected chi connectivity index (χ1v) is 18.8. The maximum Gasteiger partial charge on any atom is -0.00201 e. The molecular formula is C54H34. The fourth-order valence-electron chi connectivity index (χ4n) is 8.98. The second-order valence-electron chi connectivity index (χ2n) is 14.4. The van der Waals surface area contributed by atoms with Crippen molar-refractivity contribution in [2.75, 3.05) is 0 Å². The lowest BCUT2D eigenvalue weighted by molar-refractivity contribution is 1.63. The lowest BCUT2D eigenvalue weighted by atomic mass is 9.83. The molecule has 0 aliphatic heterocycles. The van der Waals surface area contributed by atoms with E-state index in [1.807, 2.05) is 0 Å². The Hall–Kier alpha value is -7.02. The van der Waals surface area contributed by atoms with Crippen molar-refractivity contribution in [2.45, 2.75) is 0 Å². The van der Waals surface area contributed by atoms with Gasteiger partial charge in [-0.2, -0.15) is 0 Å². The molecule has 0 heteroatoms. The first kappa shape index (κ1) is 30.6. The Morgan fingerprint density at radius 3 is 1.39 bits per heavy atom. The summed E-state index contributed by atoms with van der Waals surface area (Å²) in [6.45, 7) is 0. The normalized spacial score (nSPS) is 11.7. The third kappa shape index (κ3) is 4.78. The average molecular weight is 683 g/mol. The lowest BCUT2D eigenvalue weighted by Crippen LogP contribution is -1.93. The zero-order chi connectivity index (χ0) is 35.6. The van der Waals surface area contributed by atoms with Crippen molar-refractivity contribution in [1.29, 1.82) is 0 Å². The predicted octanol–water partition coefficient (Wildman–Crippen LogP) is 15.3. The highest BCUT2D eigenvalue weighted by Crippen LogP contribution is 2.47. The molecule has 0 unspecified atom stereocenters. The number of rotatable bonds is 4. The van der Waals surface area contributed by atoms with E-state index in [0.717, 1.165) is 0 Å². The maximum absolute atomic E-state index is 2.37. The highest BCUT2D eigenvalue weighted by Gasteiger charge is 2.20. The number of benzene rings is 11. The van der Waals surface area contributed by atoms with Gasteiger partial charge in [-0.25, -0.2) is 0 Å². The molecule has 0 nitrogen and oxygen atoms in total. The third-order valence-electron chi connectivity index (χ3n) is 11.4. The van der Waals surface area contributed by atoms with Crippen LogP contribution in [0.4, 0.5) is 0 Å². The van der Waals surface area contributed by atoms with Crippen LogP contribution in [0.5, 0.6) is 0 Å². The molecule has 0 fully saturated rings. The lowest BCUT2D eigenvalue weighted by Gasteiger charge is -2.20. The molecule has 0 heterocycles. The van der Waals surface area contributed by atoms with Crippen LogP contribution in [0.2, 0.25) is 0 Å². The van der Waals surface area contributed by atoms with Gasteiger partial charge in [0.2, 0.25) is 0 Å². The van der Waals surface area contributed by atoms with Crippen LogP contribution in [0.3, 0.4) is 0 Å². The molecule has 11 rings (SSSR count). The summed E-state index contributed by atoms with van der Waals surface area (Å²) in [5.41, 5.74) is 10.00. The molecule has 0 amide bonds. The summed E-state index contributed by atoms with van der Waals surface area (Å²) in [5.74, 6) is 0. The molecule has 11 aromatic carbocycles. The molecule has 0 radical (unpaired) electrons. The van der Waals surface area contributed by atoms with Gasteiger partial charge < -0.3 is 0 Å². The largest absolute Gasteiger partial charge is 0.0616 e. The second kappa shape index (κ2) is 12.3. The van der Waals surface area contributed by atoms with Crippen molar-refractivity contribution < 1.29 is 0 Å². The van der Waals surface area contributed by atoms with Gasteiger partial charge >= 0.3 is 0 Å². The Bertz CT molecular complexity index is 3220. The van der Waals surface area contributed by atoms with E-state index in [1.54, 1.807) is 0 Å². The number of fused-ring (bicyclic) bond motifs is 7. The van der Waals surface area contributed by atoms with Gasteiger partial charge in [0.1, 0.15) is 0 Å². The van der Waals surface area contributed by atoms with Crippen LogP contribution in [-0.4, -0.2) is 0 Å². The molecule has 0 bridgehead atoms. The molecule has 0 spiro atoms. The summed E-state index contributed by atoms with van der Waals surface area (Å²) in [7, 11) is 0. The van der Waals surface area contributed by atoms with Crippen LogP contribution < -0.4 is 0 Å². The van der Waals surface area contributed by atoms with E-state index in [-0.39, 0.29) is 0 Å². The summed E-state index contributed by atoms with van der Waals surface area (Å²) >= 11 is 0. The third-order valence-corrected chi connectivity index (χ3v) is 11.4. The molecular weight excluding hydrogens is 649 g/mol. The van der Waals surface area contributed by atoms with Crippen molar-refractivity contribution >= 4 is 64.6 Å². The minimum absolute atomic E-state index is 1.22. The molecule has 11 aromatic rings. The second-order valence-corrected chi connectivity index (χ2v) is 14.4. The highest BCUT2D eigenvalue weighted by atomic mass is 14.2. The van der Waals surface area contributed by atoms with E-state index < -0.39 is 0 Å². The summed E-state index contributed by atoms with van der Waals surface area (Å²) in [4.78, 5) is 0. The summed E-state index contributed by atoms with van der Waals surface area (Å²) in [6.07, 6.45) is 0. The van der Waals surface area contributed by atoms with Crippen LogP contribution in [0, 0.1) is 0 Å². The van der Waals surface area contributed by atoms with Crippen LogP contribution >= 0.6 is 0 Å². The molecule has 0 aliphatic rings. The van der Waals surface area contributed by atoms with Gasteiger partial charge in [-0.15, -0.1) is 0 Å². The van der Waals surface area contributed by atoms with Crippen molar-refractivity contribution in [2.24, 2.45) is 0 Å². The van der Waals surface area contributed by atoms with E-state index >= 15 is 0 Å². The Balaban J connectivity index is 1.14. The van der Waals surface area contributed by atoms with Crippen molar-refractivity contribution in [3.63, 3.8) is 0 Å². The molecule has 0 N–H and O–H groups in total. The van der Waals surface area contributed by atoms with Crippen LogP contribution in [0.25, 0.3) is 109 Å². The van der Waals surface area contributed by atoms with Gasteiger partial charge in [0, 0.05) is 0 Å². The van der Waals surface area contributed by atoms with E-state index in [1.165, 1.54) is 109 Å². The van der Waals surface area contributed by atoms with Gasteiger partial charge in [-0.05, 0) is 121 Å². The molecule has 0 saturated heterocycles. The smallest absolute Gasteiger partial charge is 0.00201 e. The van der Waals surface area contributed by atoms with Gasteiger partial charge in [-0.1, -0.05) is 194 Å². The van der Waals surface area contributed by atoms with Crippen molar-refractivity contribution in [3.8, 4) is 44.5 Å². The summed E-state index contributed by atoms with van der Waals surface area (Å²) < 4.78 is 0. The molecule has 0 aromatic heterocycles. The van der Waals surface area contributed by atoms with E-state index in [9.17, 15) is 0 Å². The van der Waals surface area contributed by atoms with E-state index in [4.69, 9.17) is 0 Å². The van der Waals surface area contributed by atoms with Gasteiger partial charge in [-0.3, -0.25) is 0 Å². The number of hydrogen-bond donors (Lipinski definition) is 0.